The summed E-state index contributed by atoms with van der Waals surface area (Å²) in [4.78, 5) is 36.0. The van der Waals surface area contributed by atoms with Crippen molar-refractivity contribution in [1.29, 1.82) is 0 Å². The number of nitrogens with one attached hydrogen (secondary N) is 3. The molecule has 0 aliphatic rings. The van der Waals surface area contributed by atoms with Crippen molar-refractivity contribution in [2.75, 3.05) is 11.9 Å². The lowest BCUT2D eigenvalue weighted by Gasteiger charge is -2.19. The molecule has 3 amide bonds. The van der Waals surface area contributed by atoms with Crippen LogP contribution in [0.25, 0.3) is 0 Å². The summed E-state index contributed by atoms with van der Waals surface area (Å²) >= 11 is 0. The molecule has 3 N–H and O–H groups in total. The number of alkyl carbamates (subject to hydrolysis) is 1. The average Bonchev–Trinajstić information content (AvgIpc) is 2.58. The smallest absolute Gasteiger partial charge is 0.407 e. The fourth-order valence-corrected chi connectivity index (χ4v) is 2.25. The molecule has 0 radical (unpaired) electrons. The van der Waals surface area contributed by atoms with Gasteiger partial charge in [-0.2, -0.15) is 0 Å². The highest BCUT2D eigenvalue weighted by atomic mass is 16.6. The van der Waals surface area contributed by atoms with Crippen LogP contribution in [0.5, 0.6) is 0 Å². The van der Waals surface area contributed by atoms with Crippen LogP contribution in [0.15, 0.2) is 35.9 Å². The summed E-state index contributed by atoms with van der Waals surface area (Å²) in [5, 5.41) is 8.23. The summed E-state index contributed by atoms with van der Waals surface area (Å²) < 4.78 is 5.13. The normalized spacial score (nSPS) is 12.2. The van der Waals surface area contributed by atoms with Gasteiger partial charge < -0.3 is 20.7 Å². The van der Waals surface area contributed by atoms with Gasteiger partial charge in [-0.3, -0.25) is 9.59 Å². The third kappa shape index (κ3) is 10.1. The number of hydrogen-bond donors (Lipinski definition) is 3. The summed E-state index contributed by atoms with van der Waals surface area (Å²) in [6, 6.07) is 7.27. The molecule has 1 aromatic rings. The van der Waals surface area contributed by atoms with Crippen LogP contribution in [0, 0.1) is 5.41 Å². The number of anilines is 1. The van der Waals surface area contributed by atoms with Crippen molar-refractivity contribution >= 4 is 23.6 Å². The zero-order valence-corrected chi connectivity index (χ0v) is 19.1. The van der Waals surface area contributed by atoms with Crippen LogP contribution in [0.1, 0.15) is 60.5 Å². The van der Waals surface area contributed by atoms with Crippen LogP contribution in [-0.4, -0.2) is 30.1 Å². The quantitative estimate of drug-likeness (QED) is 0.581. The highest BCUT2D eigenvalue weighted by molar-refractivity contribution is 5.92. The summed E-state index contributed by atoms with van der Waals surface area (Å²) in [7, 11) is 0. The van der Waals surface area contributed by atoms with Crippen LogP contribution in [-0.2, 0) is 20.9 Å². The Labute approximate surface area is 179 Å². The largest absolute Gasteiger partial charge is 0.444 e. The average molecular weight is 418 g/mol. The van der Waals surface area contributed by atoms with Crippen LogP contribution in [0.4, 0.5) is 10.5 Å². The van der Waals surface area contributed by atoms with E-state index < -0.39 is 11.7 Å². The highest BCUT2D eigenvalue weighted by Gasteiger charge is 2.16. The molecule has 0 bridgehead atoms. The molecule has 0 saturated carbocycles. The number of carbonyl (C=O) groups is 3. The molecule has 166 valence electrons. The Morgan fingerprint density at radius 2 is 1.63 bits per heavy atom. The fourth-order valence-electron chi connectivity index (χ4n) is 2.25. The van der Waals surface area contributed by atoms with E-state index in [1.165, 1.54) is 0 Å². The molecule has 0 aliphatic carbocycles. The van der Waals surface area contributed by atoms with Gasteiger partial charge in [0.05, 0.1) is 0 Å². The van der Waals surface area contributed by atoms with Gasteiger partial charge in [0.2, 0.25) is 11.8 Å². The van der Waals surface area contributed by atoms with Gasteiger partial charge in [-0.1, -0.05) is 44.5 Å². The Hall–Kier alpha value is -2.83. The van der Waals surface area contributed by atoms with E-state index in [9.17, 15) is 14.4 Å². The molecule has 7 heteroatoms. The number of ether oxygens (including phenoxy) is 1. The number of benzene rings is 1. The maximum atomic E-state index is 12.2. The Balaban J connectivity index is 2.58. The summed E-state index contributed by atoms with van der Waals surface area (Å²) in [6.45, 7) is 13.9. The molecular formula is C23H35N3O4. The second-order valence-corrected chi connectivity index (χ2v) is 9.18. The number of carbonyl (C=O) groups excluding carboxylic acids is 3. The Morgan fingerprint density at radius 3 is 2.23 bits per heavy atom. The molecule has 0 heterocycles. The first kappa shape index (κ1) is 25.2. The second-order valence-electron chi connectivity index (χ2n) is 9.18. The van der Waals surface area contributed by atoms with E-state index in [4.69, 9.17) is 4.74 Å². The molecule has 0 aliphatic heterocycles. The number of allylic oxidation sites excluding steroid dienone is 1. The Bertz CT molecular complexity index is 786. The molecule has 1 aromatic carbocycles. The van der Waals surface area contributed by atoms with Crippen LogP contribution in [0.2, 0.25) is 0 Å². The number of rotatable bonds is 7. The topological polar surface area (TPSA) is 96.5 Å². The molecule has 0 atom stereocenters. The van der Waals surface area contributed by atoms with E-state index in [1.54, 1.807) is 32.9 Å². The zero-order valence-electron chi connectivity index (χ0n) is 19.1. The molecule has 30 heavy (non-hydrogen) atoms. The first-order valence-electron chi connectivity index (χ1n) is 10.1. The van der Waals surface area contributed by atoms with Gasteiger partial charge in [0.25, 0.3) is 0 Å². The molecule has 1 rings (SSSR count). The zero-order chi connectivity index (χ0) is 22.9. The van der Waals surface area contributed by atoms with Gasteiger partial charge in [0.1, 0.15) is 5.60 Å². The summed E-state index contributed by atoms with van der Waals surface area (Å²) in [5.74, 6) is -0.418. The van der Waals surface area contributed by atoms with Crippen molar-refractivity contribution in [1.82, 2.24) is 10.6 Å². The Morgan fingerprint density at radius 1 is 1.00 bits per heavy atom. The first-order valence-corrected chi connectivity index (χ1v) is 10.1. The predicted octanol–water partition coefficient (Wildman–Crippen LogP) is 4.15. The number of hydrogen-bond acceptors (Lipinski definition) is 4. The van der Waals surface area contributed by atoms with Gasteiger partial charge in [0.15, 0.2) is 0 Å². The van der Waals surface area contributed by atoms with Gasteiger partial charge in [-0.15, -0.1) is 0 Å². The van der Waals surface area contributed by atoms with Crippen molar-refractivity contribution in [3.8, 4) is 0 Å². The lowest BCUT2D eigenvalue weighted by atomic mass is 9.87. The van der Waals surface area contributed by atoms with Crippen molar-refractivity contribution in [3.63, 3.8) is 0 Å². The molecule has 0 aromatic heterocycles. The van der Waals surface area contributed by atoms with Crippen molar-refractivity contribution in [2.24, 2.45) is 5.41 Å². The fraction of sp³-hybridized carbons (Fsp3) is 0.522. The van der Waals surface area contributed by atoms with Crippen LogP contribution >= 0.6 is 0 Å². The summed E-state index contributed by atoms with van der Waals surface area (Å²) in [5.41, 5.74) is 1.74. The van der Waals surface area contributed by atoms with Gasteiger partial charge >= 0.3 is 6.09 Å². The predicted molar refractivity (Wildman–Crippen MR) is 119 cm³/mol. The van der Waals surface area contributed by atoms with E-state index in [-0.39, 0.29) is 30.2 Å². The van der Waals surface area contributed by atoms with Gasteiger partial charge in [-0.25, -0.2) is 4.79 Å². The van der Waals surface area contributed by atoms with Gasteiger partial charge in [0, 0.05) is 31.3 Å². The number of para-hydroxylation sites is 1. The Kier molecular flexibility index (Phi) is 9.08. The third-order valence-electron chi connectivity index (χ3n) is 4.30. The first-order chi connectivity index (χ1) is 13.8. The maximum absolute atomic E-state index is 12.2. The minimum absolute atomic E-state index is 0.0729. The number of amides is 3. The maximum Gasteiger partial charge on any atom is 0.407 e. The second kappa shape index (κ2) is 10.8. The van der Waals surface area contributed by atoms with Crippen LogP contribution in [0.3, 0.4) is 0 Å². The molecule has 0 spiro atoms. The van der Waals surface area contributed by atoms with Crippen molar-refractivity contribution in [2.45, 2.75) is 67.0 Å². The highest BCUT2D eigenvalue weighted by Crippen LogP contribution is 2.24. The van der Waals surface area contributed by atoms with Crippen molar-refractivity contribution in [3.05, 3.63) is 41.5 Å². The lowest BCUT2D eigenvalue weighted by molar-refractivity contribution is -0.117. The summed E-state index contributed by atoms with van der Waals surface area (Å²) in [6.07, 6.45) is 1.15. The van der Waals surface area contributed by atoms with E-state index >= 15 is 0 Å². The minimum atomic E-state index is -0.587. The molecule has 0 unspecified atom stereocenters. The SMILES string of the molecule is C/C(=C\C(=O)NCc1ccccc1NC(=O)CCNC(=O)OC(C)(C)C)C(C)(C)C. The monoisotopic (exact) mass is 417 g/mol. The molecule has 0 fully saturated rings. The molecule has 7 nitrogen and oxygen atoms in total. The van der Waals surface area contributed by atoms with E-state index in [1.807, 2.05) is 25.1 Å². The standard InChI is InChI=1S/C23H35N3O4/c1-16(22(2,3)4)14-20(28)25-15-17-10-8-9-11-18(17)26-19(27)12-13-24-21(29)30-23(5,6)7/h8-11,14H,12-13,15H2,1-7H3,(H,24,29)(H,25,28)(H,26,27)/b16-14+. The lowest BCUT2D eigenvalue weighted by Crippen LogP contribution is -2.34. The van der Waals surface area contributed by atoms with E-state index in [0.29, 0.717) is 12.2 Å². The minimum Gasteiger partial charge on any atom is -0.444 e. The van der Waals surface area contributed by atoms with Crippen molar-refractivity contribution < 1.29 is 19.1 Å². The molecular weight excluding hydrogens is 382 g/mol. The third-order valence-corrected chi connectivity index (χ3v) is 4.30. The van der Waals surface area contributed by atoms with E-state index in [2.05, 4.69) is 36.7 Å². The van der Waals surface area contributed by atoms with Gasteiger partial charge in [-0.05, 0) is 44.7 Å². The molecule has 0 saturated heterocycles. The van der Waals surface area contributed by atoms with E-state index in [0.717, 1.165) is 11.1 Å². The van der Waals surface area contributed by atoms with Crippen LogP contribution < -0.4 is 16.0 Å².